The van der Waals surface area contributed by atoms with E-state index in [1.54, 1.807) is 12.4 Å². The minimum Gasteiger partial charge on any atom is -0.274 e. The highest BCUT2D eigenvalue weighted by Gasteiger charge is 1.88. The molecular weight excluding hydrogens is 184 g/mol. The van der Waals surface area contributed by atoms with Crippen molar-refractivity contribution in [2.45, 2.75) is 27.7 Å². The first-order chi connectivity index (χ1) is 7.13. The van der Waals surface area contributed by atoms with Crippen LogP contribution < -0.4 is 0 Å². The van der Waals surface area contributed by atoms with Gasteiger partial charge in [-0.1, -0.05) is 31.4 Å². The molecule has 0 atom stereocenters. The lowest BCUT2D eigenvalue weighted by Gasteiger charge is -1.93. The van der Waals surface area contributed by atoms with E-state index in [1.165, 1.54) is 0 Å². The van der Waals surface area contributed by atoms with Gasteiger partial charge in [0.15, 0.2) is 0 Å². The van der Waals surface area contributed by atoms with E-state index >= 15 is 0 Å². The van der Waals surface area contributed by atoms with Crippen molar-refractivity contribution in [1.82, 2.24) is 0 Å². The van der Waals surface area contributed by atoms with E-state index in [9.17, 15) is 0 Å². The Hall–Kier alpha value is -1.44. The Labute approximate surface area is 93.8 Å². The van der Waals surface area contributed by atoms with Gasteiger partial charge in [-0.15, -0.1) is 0 Å². The molecule has 84 valence electrons. The van der Waals surface area contributed by atoms with Crippen molar-refractivity contribution < 1.29 is 0 Å². The first-order valence-corrected chi connectivity index (χ1v) is 5.05. The van der Waals surface area contributed by atoms with Crippen molar-refractivity contribution in [1.29, 1.82) is 0 Å². The second kappa shape index (κ2) is 12.6. The third kappa shape index (κ3) is 12.6. The maximum Gasteiger partial charge on any atom is 0.110 e. The van der Waals surface area contributed by atoms with Crippen LogP contribution in [0.5, 0.6) is 0 Å². The SMILES string of the molecule is C/C=C/C.C=CC(=C)C(C)=NC=NCC. The maximum atomic E-state index is 4.04. The Morgan fingerprint density at radius 3 is 2.13 bits per heavy atom. The lowest BCUT2D eigenvalue weighted by molar-refractivity contribution is 1.13. The van der Waals surface area contributed by atoms with E-state index in [-0.39, 0.29) is 0 Å². The smallest absolute Gasteiger partial charge is 0.110 e. The Kier molecular flexibility index (Phi) is 13.4. The molecule has 0 unspecified atom stereocenters. The number of hydrogen-bond donors (Lipinski definition) is 0. The highest BCUT2D eigenvalue weighted by molar-refractivity contribution is 6.03. The summed E-state index contributed by atoms with van der Waals surface area (Å²) in [4.78, 5) is 7.98. The van der Waals surface area contributed by atoms with Crippen molar-refractivity contribution in [3.05, 3.63) is 37.0 Å². The van der Waals surface area contributed by atoms with Crippen LogP contribution in [-0.2, 0) is 0 Å². The topological polar surface area (TPSA) is 24.7 Å². The fraction of sp³-hybridized carbons (Fsp3) is 0.385. The van der Waals surface area contributed by atoms with Gasteiger partial charge in [-0.05, 0) is 33.3 Å². The zero-order valence-electron chi connectivity index (χ0n) is 10.3. The molecule has 0 spiro atoms. The fourth-order valence-corrected chi connectivity index (χ4v) is 0.440. The molecule has 0 aromatic carbocycles. The molecule has 0 saturated heterocycles. The summed E-state index contributed by atoms with van der Waals surface area (Å²) < 4.78 is 0. The Morgan fingerprint density at radius 1 is 1.27 bits per heavy atom. The zero-order chi connectivity index (χ0) is 12.1. The Bertz CT molecular complexity index is 254. The number of aliphatic imine (C=N–C) groups is 2. The second-order valence-electron chi connectivity index (χ2n) is 2.72. The molecule has 0 saturated carbocycles. The average molecular weight is 206 g/mol. The van der Waals surface area contributed by atoms with E-state index in [0.717, 1.165) is 17.8 Å². The molecule has 0 rings (SSSR count). The number of hydrogen-bond acceptors (Lipinski definition) is 1. The molecule has 0 aliphatic heterocycles. The summed E-state index contributed by atoms with van der Waals surface area (Å²) in [5.74, 6) is 0. The number of rotatable bonds is 4. The van der Waals surface area contributed by atoms with Crippen LogP contribution in [-0.4, -0.2) is 18.6 Å². The van der Waals surface area contributed by atoms with E-state index < -0.39 is 0 Å². The summed E-state index contributed by atoms with van der Waals surface area (Å²) in [6.07, 6.45) is 7.22. The molecule has 0 aromatic heterocycles. The molecule has 0 aliphatic carbocycles. The lowest BCUT2D eigenvalue weighted by Crippen LogP contribution is -1.92. The summed E-state index contributed by atoms with van der Waals surface area (Å²) in [6.45, 7) is 15.9. The van der Waals surface area contributed by atoms with Crippen LogP contribution in [0.15, 0.2) is 46.9 Å². The lowest BCUT2D eigenvalue weighted by atomic mass is 10.2. The molecule has 2 nitrogen and oxygen atoms in total. The minimum atomic E-state index is 0.761. The van der Waals surface area contributed by atoms with Crippen LogP contribution in [0.3, 0.4) is 0 Å². The fourth-order valence-electron chi connectivity index (χ4n) is 0.440. The van der Waals surface area contributed by atoms with Crippen LogP contribution in [0, 0.1) is 0 Å². The van der Waals surface area contributed by atoms with Gasteiger partial charge in [0.25, 0.3) is 0 Å². The van der Waals surface area contributed by atoms with Crippen molar-refractivity contribution in [3.63, 3.8) is 0 Å². The summed E-state index contributed by atoms with van der Waals surface area (Å²) in [7, 11) is 0. The predicted molar refractivity (Wildman–Crippen MR) is 72.0 cm³/mol. The summed E-state index contributed by atoms with van der Waals surface area (Å²) in [6, 6.07) is 0. The first kappa shape index (κ1) is 16.0. The van der Waals surface area contributed by atoms with Crippen LogP contribution in [0.2, 0.25) is 0 Å². The zero-order valence-corrected chi connectivity index (χ0v) is 10.3. The molecule has 0 fully saturated rings. The molecule has 0 radical (unpaired) electrons. The molecule has 2 heteroatoms. The third-order valence-corrected chi connectivity index (χ3v) is 1.56. The molecular formula is C13H22N2. The first-order valence-electron chi connectivity index (χ1n) is 5.05. The van der Waals surface area contributed by atoms with Crippen LogP contribution in [0.1, 0.15) is 27.7 Å². The van der Waals surface area contributed by atoms with E-state index in [0.29, 0.717) is 0 Å². The molecule has 0 heterocycles. The number of allylic oxidation sites excluding steroid dienone is 4. The van der Waals surface area contributed by atoms with Gasteiger partial charge in [-0.2, -0.15) is 0 Å². The van der Waals surface area contributed by atoms with Gasteiger partial charge >= 0.3 is 0 Å². The van der Waals surface area contributed by atoms with E-state index in [2.05, 4.69) is 23.1 Å². The highest BCUT2D eigenvalue weighted by Crippen LogP contribution is 1.93. The predicted octanol–water partition coefficient (Wildman–Crippen LogP) is 3.82. The van der Waals surface area contributed by atoms with E-state index in [4.69, 9.17) is 0 Å². The quantitative estimate of drug-likeness (QED) is 0.289. The minimum absolute atomic E-state index is 0.761. The highest BCUT2D eigenvalue weighted by atomic mass is 14.8. The normalized spacial score (nSPS) is 11.3. The van der Waals surface area contributed by atoms with Crippen LogP contribution in [0.4, 0.5) is 0 Å². The largest absolute Gasteiger partial charge is 0.274 e. The standard InChI is InChI=1S/C9H14N2.C4H8/c1-5-8(3)9(4)11-7-10-6-2;1-3-4-2/h5,7H,1,3,6H2,2,4H3;3-4H,1-2H3/b;4-3+. The van der Waals surface area contributed by atoms with Gasteiger partial charge in [0.05, 0.1) is 0 Å². The number of nitrogens with zero attached hydrogens (tertiary/aromatic N) is 2. The van der Waals surface area contributed by atoms with Gasteiger partial charge in [-0.3, -0.25) is 4.99 Å². The molecule has 0 bridgehead atoms. The van der Waals surface area contributed by atoms with Crippen molar-refractivity contribution in [3.8, 4) is 0 Å². The van der Waals surface area contributed by atoms with Crippen molar-refractivity contribution in [2.75, 3.05) is 6.54 Å². The van der Waals surface area contributed by atoms with Gasteiger partial charge in [0.1, 0.15) is 6.34 Å². The van der Waals surface area contributed by atoms with E-state index in [1.807, 2.05) is 39.8 Å². The molecule has 0 aliphatic rings. The summed E-state index contributed by atoms with van der Waals surface area (Å²) in [5.41, 5.74) is 1.70. The van der Waals surface area contributed by atoms with Gasteiger partial charge in [-0.25, -0.2) is 4.99 Å². The van der Waals surface area contributed by atoms with Gasteiger partial charge < -0.3 is 0 Å². The third-order valence-electron chi connectivity index (χ3n) is 1.56. The molecule has 0 aromatic rings. The second-order valence-corrected chi connectivity index (χ2v) is 2.72. The van der Waals surface area contributed by atoms with Crippen LogP contribution >= 0.6 is 0 Å². The Balaban J connectivity index is 0. The van der Waals surface area contributed by atoms with Gasteiger partial charge in [0.2, 0.25) is 0 Å². The molecule has 0 amide bonds. The van der Waals surface area contributed by atoms with Crippen molar-refractivity contribution in [2.24, 2.45) is 9.98 Å². The Morgan fingerprint density at radius 2 is 1.80 bits per heavy atom. The summed E-state index contributed by atoms with van der Waals surface area (Å²) in [5, 5.41) is 0. The van der Waals surface area contributed by atoms with Crippen molar-refractivity contribution >= 4 is 12.1 Å². The monoisotopic (exact) mass is 206 g/mol. The van der Waals surface area contributed by atoms with Crippen LogP contribution in [0.25, 0.3) is 0 Å². The molecule has 15 heavy (non-hydrogen) atoms. The van der Waals surface area contributed by atoms with Gasteiger partial charge in [0, 0.05) is 12.3 Å². The average Bonchev–Trinajstić information content (AvgIpc) is 2.28. The maximum absolute atomic E-state index is 4.04. The molecule has 0 N–H and O–H groups in total. The summed E-state index contributed by atoms with van der Waals surface area (Å²) >= 11 is 0.